The molecule has 0 radical (unpaired) electrons. The molecule has 3 aromatic rings. The molecule has 0 aliphatic carbocycles. The van der Waals surface area contributed by atoms with Gasteiger partial charge in [-0.15, -0.1) is 0 Å². The van der Waals surface area contributed by atoms with E-state index in [0.29, 0.717) is 0 Å². The lowest BCUT2D eigenvalue weighted by atomic mass is 10.1. The SMILES string of the molecule is Cc1cc2c(cc1O)[nH]c1ccc(O)cc12. The quantitative estimate of drug-likeness (QED) is 0.537. The van der Waals surface area contributed by atoms with Crippen LogP contribution in [-0.2, 0) is 0 Å². The Bertz CT molecular complexity index is 698. The number of rotatable bonds is 0. The molecule has 0 aliphatic rings. The highest BCUT2D eigenvalue weighted by molar-refractivity contribution is 6.08. The summed E-state index contributed by atoms with van der Waals surface area (Å²) in [6.07, 6.45) is 0. The molecule has 0 amide bonds. The normalized spacial score (nSPS) is 11.3. The van der Waals surface area contributed by atoms with Gasteiger partial charge < -0.3 is 15.2 Å². The second kappa shape index (κ2) is 2.92. The predicted molar refractivity (Wildman–Crippen MR) is 63.9 cm³/mol. The molecule has 3 rings (SSSR count). The average molecular weight is 213 g/mol. The zero-order valence-corrected chi connectivity index (χ0v) is 8.78. The third-order valence-electron chi connectivity index (χ3n) is 2.90. The second-order valence-corrected chi connectivity index (χ2v) is 4.04. The molecular formula is C13H11NO2. The Morgan fingerprint density at radius 3 is 2.50 bits per heavy atom. The second-order valence-electron chi connectivity index (χ2n) is 4.04. The van der Waals surface area contributed by atoms with Crippen LogP contribution in [0.2, 0.25) is 0 Å². The molecule has 16 heavy (non-hydrogen) atoms. The van der Waals surface area contributed by atoms with E-state index in [1.165, 1.54) is 0 Å². The number of phenols is 2. The van der Waals surface area contributed by atoms with Gasteiger partial charge >= 0.3 is 0 Å². The van der Waals surface area contributed by atoms with E-state index in [1.54, 1.807) is 18.2 Å². The zero-order valence-electron chi connectivity index (χ0n) is 8.78. The van der Waals surface area contributed by atoms with Gasteiger partial charge in [-0.1, -0.05) is 0 Å². The molecule has 0 aliphatic heterocycles. The molecule has 0 atom stereocenters. The van der Waals surface area contributed by atoms with E-state index >= 15 is 0 Å². The molecule has 0 bridgehead atoms. The molecule has 1 heterocycles. The van der Waals surface area contributed by atoms with Gasteiger partial charge in [0.15, 0.2) is 0 Å². The van der Waals surface area contributed by atoms with Gasteiger partial charge in [0.1, 0.15) is 11.5 Å². The number of hydrogen-bond acceptors (Lipinski definition) is 2. The van der Waals surface area contributed by atoms with Gasteiger partial charge in [-0.2, -0.15) is 0 Å². The Balaban J connectivity index is 2.53. The number of phenolic OH excluding ortho intramolecular Hbond substituents is 2. The molecular weight excluding hydrogens is 202 g/mol. The first-order chi connectivity index (χ1) is 7.65. The van der Waals surface area contributed by atoms with Gasteiger partial charge in [0.25, 0.3) is 0 Å². The third-order valence-corrected chi connectivity index (χ3v) is 2.90. The van der Waals surface area contributed by atoms with E-state index in [-0.39, 0.29) is 11.5 Å². The molecule has 0 spiro atoms. The van der Waals surface area contributed by atoms with Crippen LogP contribution >= 0.6 is 0 Å². The van der Waals surface area contributed by atoms with Crippen molar-refractivity contribution in [1.29, 1.82) is 0 Å². The first kappa shape index (κ1) is 9.09. The fourth-order valence-corrected chi connectivity index (χ4v) is 2.03. The van der Waals surface area contributed by atoms with Crippen molar-refractivity contribution in [2.75, 3.05) is 0 Å². The van der Waals surface area contributed by atoms with E-state index in [1.807, 2.05) is 19.1 Å². The van der Waals surface area contributed by atoms with Crippen LogP contribution in [0.25, 0.3) is 21.8 Å². The summed E-state index contributed by atoms with van der Waals surface area (Å²) in [4.78, 5) is 3.20. The number of benzene rings is 2. The highest BCUT2D eigenvalue weighted by Crippen LogP contribution is 2.31. The lowest BCUT2D eigenvalue weighted by Crippen LogP contribution is -1.74. The number of aromatic hydroxyl groups is 2. The van der Waals surface area contributed by atoms with Crippen molar-refractivity contribution >= 4 is 21.8 Å². The molecule has 2 aromatic carbocycles. The summed E-state index contributed by atoms with van der Waals surface area (Å²) in [5, 5.41) is 21.1. The van der Waals surface area contributed by atoms with E-state index < -0.39 is 0 Å². The first-order valence-electron chi connectivity index (χ1n) is 5.09. The molecule has 0 unspecified atom stereocenters. The number of hydrogen-bond donors (Lipinski definition) is 3. The number of H-pyrrole nitrogens is 1. The van der Waals surface area contributed by atoms with Gasteiger partial charge in [-0.25, -0.2) is 0 Å². The zero-order chi connectivity index (χ0) is 11.3. The van der Waals surface area contributed by atoms with Gasteiger partial charge in [0.05, 0.1) is 5.52 Å². The maximum absolute atomic E-state index is 9.63. The fourth-order valence-electron chi connectivity index (χ4n) is 2.03. The summed E-state index contributed by atoms with van der Waals surface area (Å²) in [5.74, 6) is 0.530. The molecule has 0 fully saturated rings. The van der Waals surface area contributed by atoms with Crippen LogP contribution in [0.3, 0.4) is 0 Å². The Morgan fingerprint density at radius 1 is 0.938 bits per heavy atom. The molecule has 3 N–H and O–H groups in total. The van der Waals surface area contributed by atoms with Crippen molar-refractivity contribution in [1.82, 2.24) is 4.98 Å². The summed E-state index contributed by atoms with van der Waals surface area (Å²) in [6.45, 7) is 1.86. The number of aryl methyl sites for hydroxylation is 1. The maximum atomic E-state index is 9.63. The fraction of sp³-hybridized carbons (Fsp3) is 0.0769. The van der Waals surface area contributed by atoms with E-state index in [9.17, 15) is 10.2 Å². The maximum Gasteiger partial charge on any atom is 0.120 e. The van der Waals surface area contributed by atoms with Crippen molar-refractivity contribution < 1.29 is 10.2 Å². The summed E-state index contributed by atoms with van der Waals surface area (Å²) >= 11 is 0. The Labute approximate surface area is 92.0 Å². The van der Waals surface area contributed by atoms with E-state index in [2.05, 4.69) is 4.98 Å². The van der Waals surface area contributed by atoms with Gasteiger partial charge in [-0.05, 0) is 36.8 Å². The van der Waals surface area contributed by atoms with Crippen molar-refractivity contribution in [2.24, 2.45) is 0 Å². The summed E-state index contributed by atoms with van der Waals surface area (Å²) in [6, 6.07) is 8.83. The minimum atomic E-state index is 0.249. The largest absolute Gasteiger partial charge is 0.508 e. The van der Waals surface area contributed by atoms with Crippen molar-refractivity contribution in [3.63, 3.8) is 0 Å². The molecule has 80 valence electrons. The van der Waals surface area contributed by atoms with Crippen LogP contribution in [0.15, 0.2) is 30.3 Å². The lowest BCUT2D eigenvalue weighted by molar-refractivity contribution is 0.472. The van der Waals surface area contributed by atoms with Crippen LogP contribution in [0.5, 0.6) is 11.5 Å². The molecule has 1 aromatic heterocycles. The molecule has 0 saturated heterocycles. The van der Waals surface area contributed by atoms with E-state index in [0.717, 1.165) is 27.4 Å². The number of nitrogens with one attached hydrogen (secondary N) is 1. The third kappa shape index (κ3) is 1.15. The predicted octanol–water partition coefficient (Wildman–Crippen LogP) is 3.04. The smallest absolute Gasteiger partial charge is 0.120 e. The highest BCUT2D eigenvalue weighted by atomic mass is 16.3. The van der Waals surface area contributed by atoms with Gasteiger partial charge in [0, 0.05) is 22.4 Å². The summed E-state index contributed by atoms with van der Waals surface area (Å²) in [5.41, 5.74) is 2.67. The minimum Gasteiger partial charge on any atom is -0.508 e. The number of aromatic amines is 1. The van der Waals surface area contributed by atoms with Crippen molar-refractivity contribution in [2.45, 2.75) is 6.92 Å². The van der Waals surface area contributed by atoms with Gasteiger partial charge in [-0.3, -0.25) is 0 Å². The highest BCUT2D eigenvalue weighted by Gasteiger charge is 2.07. The standard InChI is InChI=1S/C13H11NO2/c1-7-4-9-10-5-8(15)2-3-11(10)14-12(9)6-13(7)16/h2-6,14-16H,1H3. The average Bonchev–Trinajstić information content (AvgIpc) is 2.57. The number of fused-ring (bicyclic) bond motifs is 3. The minimum absolute atomic E-state index is 0.249. The molecule has 0 saturated carbocycles. The van der Waals surface area contributed by atoms with Gasteiger partial charge in [0.2, 0.25) is 0 Å². The molecule has 3 heteroatoms. The van der Waals surface area contributed by atoms with Crippen molar-refractivity contribution in [3.8, 4) is 11.5 Å². The topological polar surface area (TPSA) is 56.2 Å². The van der Waals surface area contributed by atoms with Crippen molar-refractivity contribution in [3.05, 3.63) is 35.9 Å². The van der Waals surface area contributed by atoms with Crippen LogP contribution in [-0.4, -0.2) is 15.2 Å². The van der Waals surface area contributed by atoms with Crippen LogP contribution in [0.4, 0.5) is 0 Å². The molecule has 3 nitrogen and oxygen atoms in total. The number of aromatic nitrogens is 1. The van der Waals surface area contributed by atoms with Crippen LogP contribution in [0, 0.1) is 6.92 Å². The Morgan fingerprint density at radius 2 is 1.69 bits per heavy atom. The summed E-state index contributed by atoms with van der Waals surface area (Å²) in [7, 11) is 0. The monoisotopic (exact) mass is 213 g/mol. The van der Waals surface area contributed by atoms with E-state index in [4.69, 9.17) is 0 Å². The Hall–Kier alpha value is -2.16. The Kier molecular flexibility index (Phi) is 1.66. The summed E-state index contributed by atoms with van der Waals surface area (Å²) < 4.78 is 0. The van der Waals surface area contributed by atoms with Crippen LogP contribution < -0.4 is 0 Å². The van der Waals surface area contributed by atoms with Crippen LogP contribution in [0.1, 0.15) is 5.56 Å². The lowest BCUT2D eigenvalue weighted by Gasteiger charge is -1.98. The first-order valence-corrected chi connectivity index (χ1v) is 5.09.